The summed E-state index contributed by atoms with van der Waals surface area (Å²) in [6, 6.07) is 19.0. The fraction of sp³-hybridized carbons (Fsp3) is 0. The van der Waals surface area contributed by atoms with Gasteiger partial charge < -0.3 is 15.0 Å². The Bertz CT molecular complexity index is 1260. The number of nitrogens with zero attached hydrogens (tertiary/aromatic N) is 5. The van der Waals surface area contributed by atoms with Crippen molar-refractivity contribution in [3.63, 3.8) is 0 Å². The second-order valence-corrected chi connectivity index (χ2v) is 6.27. The van der Waals surface area contributed by atoms with Crippen LogP contribution in [0, 0.1) is 0 Å². The van der Waals surface area contributed by atoms with Gasteiger partial charge in [0.1, 0.15) is 23.3 Å². The predicted octanol–water partition coefficient (Wildman–Crippen LogP) is 4.42. The minimum absolute atomic E-state index is 0.438. The third-order valence-electron chi connectivity index (χ3n) is 4.18. The van der Waals surface area contributed by atoms with Gasteiger partial charge >= 0.3 is 0 Å². The number of hydrogen-bond acceptors (Lipinski definition) is 8. The van der Waals surface area contributed by atoms with Crippen LogP contribution in [0.5, 0.6) is 11.5 Å². The first kappa shape index (κ1) is 17.6. The molecule has 0 aliphatic heterocycles. The number of rotatable bonds is 6. The van der Waals surface area contributed by atoms with E-state index < -0.39 is 0 Å². The second-order valence-electron chi connectivity index (χ2n) is 6.27. The minimum Gasteiger partial charge on any atom is -0.457 e. The van der Waals surface area contributed by atoms with Crippen LogP contribution in [0.3, 0.4) is 0 Å². The first-order chi connectivity index (χ1) is 14.8. The Labute approximate surface area is 171 Å². The number of fused-ring (bicyclic) bond motifs is 1. The molecule has 0 fully saturated rings. The second kappa shape index (κ2) is 7.84. The molecule has 9 heteroatoms. The summed E-state index contributed by atoms with van der Waals surface area (Å²) in [4.78, 5) is 24.4. The number of H-pyrrole nitrogens is 1. The number of nitrogens with one attached hydrogen (secondary N) is 3. The molecular weight excluding hydrogens is 380 g/mol. The van der Waals surface area contributed by atoms with Gasteiger partial charge in [-0.25, -0.2) is 19.9 Å². The molecule has 9 nitrogen and oxygen atoms in total. The van der Waals surface area contributed by atoms with Crippen LogP contribution in [-0.4, -0.2) is 29.9 Å². The highest BCUT2D eigenvalue weighted by atomic mass is 16.5. The highest BCUT2D eigenvalue weighted by molar-refractivity contribution is 5.86. The Hall–Kier alpha value is -4.53. The lowest BCUT2D eigenvalue weighted by Crippen LogP contribution is -1.97. The molecule has 5 aromatic rings. The normalized spacial score (nSPS) is 10.7. The van der Waals surface area contributed by atoms with Crippen molar-refractivity contribution in [2.24, 2.45) is 0 Å². The van der Waals surface area contributed by atoms with Gasteiger partial charge in [-0.15, -0.1) is 0 Å². The van der Waals surface area contributed by atoms with Gasteiger partial charge in [0.2, 0.25) is 11.9 Å². The zero-order valence-electron chi connectivity index (χ0n) is 15.6. The molecule has 0 unspecified atom stereocenters. The lowest BCUT2D eigenvalue weighted by molar-refractivity contribution is 0.483. The van der Waals surface area contributed by atoms with E-state index >= 15 is 0 Å². The molecule has 2 aromatic carbocycles. The third kappa shape index (κ3) is 3.85. The summed E-state index contributed by atoms with van der Waals surface area (Å²) in [7, 11) is 0. The van der Waals surface area contributed by atoms with Crippen molar-refractivity contribution in [3.8, 4) is 11.5 Å². The van der Waals surface area contributed by atoms with Gasteiger partial charge in [0.05, 0.1) is 0 Å². The molecule has 3 N–H and O–H groups in total. The summed E-state index contributed by atoms with van der Waals surface area (Å²) < 4.78 is 5.82. The summed E-state index contributed by atoms with van der Waals surface area (Å²) in [6.07, 6.45) is 4.76. The lowest BCUT2D eigenvalue weighted by Gasteiger charge is -2.08. The highest BCUT2D eigenvalue weighted by Gasteiger charge is 2.11. The van der Waals surface area contributed by atoms with Crippen molar-refractivity contribution in [2.75, 3.05) is 10.6 Å². The number of para-hydroxylation sites is 1. The van der Waals surface area contributed by atoms with E-state index in [9.17, 15) is 0 Å². The van der Waals surface area contributed by atoms with E-state index in [4.69, 9.17) is 4.74 Å². The van der Waals surface area contributed by atoms with Gasteiger partial charge in [-0.3, -0.25) is 5.32 Å². The predicted molar refractivity (Wildman–Crippen MR) is 113 cm³/mol. The van der Waals surface area contributed by atoms with Gasteiger partial charge in [-0.2, -0.15) is 4.98 Å². The topological polar surface area (TPSA) is 114 Å². The summed E-state index contributed by atoms with van der Waals surface area (Å²) >= 11 is 0. The summed E-state index contributed by atoms with van der Waals surface area (Å²) in [5.74, 6) is 3.05. The van der Waals surface area contributed by atoms with Crippen molar-refractivity contribution in [3.05, 3.63) is 79.4 Å². The maximum atomic E-state index is 5.82. The Morgan fingerprint density at radius 2 is 1.50 bits per heavy atom. The van der Waals surface area contributed by atoms with Crippen molar-refractivity contribution >= 4 is 34.6 Å². The molecular formula is C21H16N8O. The molecule has 0 bridgehead atoms. The minimum atomic E-state index is 0.438. The monoisotopic (exact) mass is 396 g/mol. The SMILES string of the molecule is c1ccc(Oc2ccc(Nc3ncnc4nc(Nc5ncccn5)[nH]c34)cc2)cc1. The molecule has 0 aliphatic rings. The van der Waals surface area contributed by atoms with Crippen LogP contribution in [0.1, 0.15) is 0 Å². The third-order valence-corrected chi connectivity index (χ3v) is 4.18. The zero-order valence-corrected chi connectivity index (χ0v) is 15.6. The van der Waals surface area contributed by atoms with E-state index in [2.05, 4.69) is 40.5 Å². The zero-order chi connectivity index (χ0) is 20.2. The number of anilines is 4. The highest BCUT2D eigenvalue weighted by Crippen LogP contribution is 2.26. The van der Waals surface area contributed by atoms with E-state index in [0.29, 0.717) is 28.9 Å². The standard InChI is InChI=1S/C21H16N8O/c1-2-5-15(6-3-1)30-16-9-7-14(8-10-16)26-18-17-19(25-13-24-18)28-21(27-17)29-20-22-11-4-12-23-20/h1-13H,(H3,22,23,24,25,26,27,28,29). The summed E-state index contributed by atoms with van der Waals surface area (Å²) in [5.41, 5.74) is 2.04. The van der Waals surface area contributed by atoms with Crippen LogP contribution >= 0.6 is 0 Å². The molecule has 0 saturated carbocycles. The van der Waals surface area contributed by atoms with Crippen LogP contribution in [-0.2, 0) is 0 Å². The summed E-state index contributed by atoms with van der Waals surface area (Å²) in [6.45, 7) is 0. The van der Waals surface area contributed by atoms with Crippen LogP contribution in [0.4, 0.5) is 23.4 Å². The number of hydrogen-bond donors (Lipinski definition) is 3. The molecule has 0 amide bonds. The molecule has 5 rings (SSSR count). The van der Waals surface area contributed by atoms with Gasteiger partial charge in [-0.05, 0) is 42.5 Å². The Morgan fingerprint density at radius 3 is 2.30 bits per heavy atom. The van der Waals surface area contributed by atoms with E-state index in [-0.39, 0.29) is 0 Å². The van der Waals surface area contributed by atoms with E-state index in [1.807, 2.05) is 54.6 Å². The molecule has 3 heterocycles. The smallest absolute Gasteiger partial charge is 0.229 e. The number of aromatic nitrogens is 6. The Morgan fingerprint density at radius 1 is 0.733 bits per heavy atom. The van der Waals surface area contributed by atoms with Crippen molar-refractivity contribution in [1.29, 1.82) is 0 Å². The average Bonchev–Trinajstić information content (AvgIpc) is 3.20. The first-order valence-electron chi connectivity index (χ1n) is 9.18. The molecule has 0 aliphatic carbocycles. The summed E-state index contributed by atoms with van der Waals surface area (Å²) in [5, 5.41) is 6.29. The van der Waals surface area contributed by atoms with Gasteiger partial charge in [0, 0.05) is 18.1 Å². The van der Waals surface area contributed by atoms with Crippen LogP contribution < -0.4 is 15.4 Å². The average molecular weight is 396 g/mol. The Balaban J connectivity index is 1.34. The molecule has 0 atom stereocenters. The molecule has 0 saturated heterocycles. The number of benzene rings is 2. The quantitative estimate of drug-likeness (QED) is 0.386. The van der Waals surface area contributed by atoms with E-state index in [1.165, 1.54) is 6.33 Å². The van der Waals surface area contributed by atoms with Gasteiger partial charge in [-0.1, -0.05) is 18.2 Å². The van der Waals surface area contributed by atoms with Crippen LogP contribution in [0.15, 0.2) is 79.4 Å². The maximum Gasteiger partial charge on any atom is 0.229 e. The van der Waals surface area contributed by atoms with E-state index in [1.54, 1.807) is 18.5 Å². The fourth-order valence-corrected chi connectivity index (χ4v) is 2.82. The largest absolute Gasteiger partial charge is 0.457 e. The van der Waals surface area contributed by atoms with E-state index in [0.717, 1.165) is 17.2 Å². The first-order valence-corrected chi connectivity index (χ1v) is 9.18. The van der Waals surface area contributed by atoms with Crippen LogP contribution in [0.2, 0.25) is 0 Å². The molecule has 3 aromatic heterocycles. The molecule has 146 valence electrons. The fourth-order valence-electron chi connectivity index (χ4n) is 2.82. The number of imidazole rings is 1. The maximum absolute atomic E-state index is 5.82. The van der Waals surface area contributed by atoms with Crippen molar-refractivity contribution in [2.45, 2.75) is 0 Å². The Kier molecular flexibility index (Phi) is 4.59. The number of aromatic amines is 1. The molecule has 30 heavy (non-hydrogen) atoms. The van der Waals surface area contributed by atoms with Crippen molar-refractivity contribution in [1.82, 2.24) is 29.9 Å². The lowest BCUT2D eigenvalue weighted by atomic mass is 10.3. The van der Waals surface area contributed by atoms with Gasteiger partial charge in [0.15, 0.2) is 11.5 Å². The van der Waals surface area contributed by atoms with Crippen LogP contribution in [0.25, 0.3) is 11.2 Å². The molecule has 0 spiro atoms. The van der Waals surface area contributed by atoms with Crippen molar-refractivity contribution < 1.29 is 4.74 Å². The van der Waals surface area contributed by atoms with Gasteiger partial charge in [0.25, 0.3) is 0 Å². The molecule has 0 radical (unpaired) electrons. The number of ether oxygens (including phenoxy) is 1.